The number of ether oxygens (including phenoxy) is 1. The van der Waals surface area contributed by atoms with Gasteiger partial charge in [-0.2, -0.15) is 11.8 Å². The number of hydrogen-bond donors (Lipinski definition) is 2. The zero-order valence-electron chi connectivity index (χ0n) is 27.2. The fraction of sp³-hybridized carbons (Fsp3) is 0.714. The van der Waals surface area contributed by atoms with E-state index < -0.39 is 0 Å². The summed E-state index contributed by atoms with van der Waals surface area (Å²) in [6.07, 6.45) is 10.5. The largest absolute Gasteiger partial charge is 0.381 e. The first-order valence-electron chi connectivity index (χ1n) is 17.2. The smallest absolute Gasteiger partial charge is 0.315 e. The van der Waals surface area contributed by atoms with E-state index in [0.29, 0.717) is 69.5 Å². The molecular weight excluding hydrogens is 588 g/mol. The Morgan fingerprint density at radius 2 is 1.56 bits per heavy atom. The monoisotopic (exact) mass is 642 g/mol. The molecule has 0 aliphatic carbocycles. The van der Waals surface area contributed by atoms with E-state index in [1.165, 1.54) is 5.56 Å². The lowest BCUT2D eigenvalue weighted by Crippen LogP contribution is -2.46. The van der Waals surface area contributed by atoms with Gasteiger partial charge in [-0.3, -0.25) is 14.4 Å². The standard InChI is InChI=1S/C35H54N4O5S/c1-38(28-19-22-39(23-20-28)21-18-27-10-3-2-4-11-27)33(42)17-7-13-30(41)15-9-25-44-24-8-14-29(40)12-5-6-16-32-34-31(26-45-32)36-35(43)37-34/h2-4,10-11,28,31-32,34H,5-9,12-26H2,1H3,(H2,36,37,43)/t31-,32-,34-/m0/s1. The molecule has 0 spiro atoms. The van der Waals surface area contributed by atoms with Gasteiger partial charge in [-0.1, -0.05) is 36.8 Å². The molecule has 0 bridgehead atoms. The number of urea groups is 1. The van der Waals surface area contributed by atoms with E-state index >= 15 is 0 Å². The number of unbranched alkanes of at least 4 members (excludes halogenated alkanes) is 1. The van der Waals surface area contributed by atoms with Gasteiger partial charge in [0.05, 0.1) is 12.1 Å². The Balaban J connectivity index is 0.923. The van der Waals surface area contributed by atoms with Crippen LogP contribution in [0.4, 0.5) is 4.79 Å². The SMILES string of the molecule is CN(C(=O)CCCC(=O)CCCOCCCC(=O)CCCC[C@@H]1SC[C@@H]2NC(=O)N[C@@H]21)C1CCN(CCc2ccccc2)CC1. The van der Waals surface area contributed by atoms with Crippen molar-refractivity contribution in [2.75, 3.05) is 45.6 Å². The molecule has 3 saturated heterocycles. The Hall–Kier alpha value is -2.43. The molecule has 3 amide bonds. The molecule has 3 heterocycles. The Labute approximate surface area is 273 Å². The molecule has 9 nitrogen and oxygen atoms in total. The van der Waals surface area contributed by atoms with Crippen LogP contribution in [0.25, 0.3) is 0 Å². The average Bonchev–Trinajstić information content (AvgIpc) is 3.61. The number of benzene rings is 1. The number of ketones is 2. The van der Waals surface area contributed by atoms with Crippen LogP contribution in [-0.4, -0.2) is 102 Å². The molecule has 3 atom stereocenters. The first-order chi connectivity index (χ1) is 21.9. The van der Waals surface area contributed by atoms with Crippen LogP contribution in [0.1, 0.15) is 89.0 Å². The van der Waals surface area contributed by atoms with Gasteiger partial charge in [-0.25, -0.2) is 4.79 Å². The minimum Gasteiger partial charge on any atom is -0.381 e. The minimum atomic E-state index is -0.0526. The van der Waals surface area contributed by atoms with Crippen molar-refractivity contribution < 1.29 is 23.9 Å². The van der Waals surface area contributed by atoms with Crippen molar-refractivity contribution in [3.63, 3.8) is 0 Å². The summed E-state index contributed by atoms with van der Waals surface area (Å²) in [5.41, 5.74) is 1.37. The maximum absolute atomic E-state index is 12.7. The topological polar surface area (TPSA) is 108 Å². The average molecular weight is 643 g/mol. The van der Waals surface area contributed by atoms with Gasteiger partial charge in [0.2, 0.25) is 5.91 Å². The molecule has 1 aromatic carbocycles. The van der Waals surface area contributed by atoms with E-state index in [-0.39, 0.29) is 35.6 Å². The number of nitrogens with zero attached hydrogens (tertiary/aromatic N) is 2. The molecule has 250 valence electrons. The summed E-state index contributed by atoms with van der Waals surface area (Å²) < 4.78 is 5.65. The number of amides is 3. The molecule has 3 aliphatic rings. The number of likely N-dealkylation sites (tertiary alicyclic amines) is 1. The van der Waals surface area contributed by atoms with Crippen LogP contribution >= 0.6 is 11.8 Å². The Morgan fingerprint density at radius 3 is 2.27 bits per heavy atom. The normalized spacial score (nSPS) is 21.7. The maximum Gasteiger partial charge on any atom is 0.315 e. The molecule has 3 aliphatic heterocycles. The number of carbonyl (C=O) groups excluding carboxylic acids is 4. The van der Waals surface area contributed by atoms with E-state index in [2.05, 4.69) is 45.9 Å². The fourth-order valence-electron chi connectivity index (χ4n) is 6.68. The first kappa shape index (κ1) is 35.4. The van der Waals surface area contributed by atoms with E-state index in [1.807, 2.05) is 23.7 Å². The van der Waals surface area contributed by atoms with Gasteiger partial charge < -0.3 is 25.2 Å². The van der Waals surface area contributed by atoms with Crippen molar-refractivity contribution in [3.8, 4) is 0 Å². The van der Waals surface area contributed by atoms with Crippen molar-refractivity contribution >= 4 is 35.3 Å². The Morgan fingerprint density at radius 1 is 0.889 bits per heavy atom. The Bertz CT molecular complexity index is 1080. The highest BCUT2D eigenvalue weighted by atomic mass is 32.2. The van der Waals surface area contributed by atoms with Crippen molar-refractivity contribution in [1.82, 2.24) is 20.4 Å². The summed E-state index contributed by atoms with van der Waals surface area (Å²) in [7, 11) is 1.92. The summed E-state index contributed by atoms with van der Waals surface area (Å²) in [6, 6.07) is 11.3. The summed E-state index contributed by atoms with van der Waals surface area (Å²) in [5, 5.41) is 6.43. The van der Waals surface area contributed by atoms with E-state index in [1.54, 1.807) is 0 Å². The predicted octanol–water partition coefficient (Wildman–Crippen LogP) is 4.76. The van der Waals surface area contributed by atoms with Crippen LogP contribution in [0.3, 0.4) is 0 Å². The number of nitrogens with one attached hydrogen (secondary N) is 2. The lowest BCUT2D eigenvalue weighted by molar-refractivity contribution is -0.133. The lowest BCUT2D eigenvalue weighted by Gasteiger charge is -2.37. The number of fused-ring (bicyclic) bond motifs is 1. The third kappa shape index (κ3) is 12.4. The maximum atomic E-state index is 12.7. The van der Waals surface area contributed by atoms with Crippen LogP contribution in [0.15, 0.2) is 30.3 Å². The molecule has 0 saturated carbocycles. The molecule has 3 fully saturated rings. The summed E-state index contributed by atoms with van der Waals surface area (Å²) in [6.45, 7) is 4.17. The quantitative estimate of drug-likeness (QED) is 0.147. The Kier molecular flexibility index (Phi) is 15.2. The van der Waals surface area contributed by atoms with E-state index in [4.69, 9.17) is 4.74 Å². The predicted molar refractivity (Wildman–Crippen MR) is 179 cm³/mol. The van der Waals surface area contributed by atoms with Gasteiger partial charge in [0, 0.05) is 89.0 Å². The van der Waals surface area contributed by atoms with Crippen LogP contribution in [0.2, 0.25) is 0 Å². The molecule has 0 unspecified atom stereocenters. The third-order valence-corrected chi connectivity index (χ3v) is 11.0. The van der Waals surface area contributed by atoms with Crippen LogP contribution in [0, 0.1) is 0 Å². The zero-order valence-corrected chi connectivity index (χ0v) is 28.0. The number of rotatable bonds is 21. The highest BCUT2D eigenvalue weighted by molar-refractivity contribution is 8.00. The first-order valence-corrected chi connectivity index (χ1v) is 18.3. The number of hydrogen-bond acceptors (Lipinski definition) is 7. The molecule has 45 heavy (non-hydrogen) atoms. The second-order valence-electron chi connectivity index (χ2n) is 12.9. The number of Topliss-reactive ketones (excluding diaryl/α,β-unsaturated/α-hetero) is 2. The highest BCUT2D eigenvalue weighted by Crippen LogP contribution is 2.33. The van der Waals surface area contributed by atoms with Gasteiger partial charge in [0.1, 0.15) is 11.6 Å². The zero-order chi connectivity index (χ0) is 31.9. The third-order valence-electron chi connectivity index (χ3n) is 9.52. The summed E-state index contributed by atoms with van der Waals surface area (Å²) in [4.78, 5) is 53.1. The van der Waals surface area contributed by atoms with Gasteiger partial charge in [0.25, 0.3) is 0 Å². The van der Waals surface area contributed by atoms with Crippen molar-refractivity contribution in [3.05, 3.63) is 35.9 Å². The van der Waals surface area contributed by atoms with Crippen LogP contribution in [0.5, 0.6) is 0 Å². The number of thioether (sulfide) groups is 1. The number of carbonyl (C=O) groups is 4. The van der Waals surface area contributed by atoms with Gasteiger partial charge >= 0.3 is 6.03 Å². The van der Waals surface area contributed by atoms with E-state index in [9.17, 15) is 19.2 Å². The highest BCUT2D eigenvalue weighted by Gasteiger charge is 2.42. The van der Waals surface area contributed by atoms with Crippen molar-refractivity contribution in [1.29, 1.82) is 0 Å². The van der Waals surface area contributed by atoms with Crippen molar-refractivity contribution in [2.45, 2.75) is 113 Å². The van der Waals surface area contributed by atoms with Gasteiger partial charge in [-0.05, 0) is 56.9 Å². The minimum absolute atomic E-state index is 0.0526. The van der Waals surface area contributed by atoms with E-state index in [0.717, 1.165) is 70.3 Å². The fourth-order valence-corrected chi connectivity index (χ4v) is 8.23. The molecule has 1 aromatic rings. The molecule has 10 heteroatoms. The lowest BCUT2D eigenvalue weighted by atomic mass is 10.0. The number of piperidine rings is 1. The molecule has 2 N–H and O–H groups in total. The van der Waals surface area contributed by atoms with Crippen LogP contribution < -0.4 is 10.6 Å². The second kappa shape index (κ2) is 19.3. The molecule has 0 radical (unpaired) electrons. The summed E-state index contributed by atoms with van der Waals surface area (Å²) in [5.74, 6) is 1.59. The summed E-state index contributed by atoms with van der Waals surface area (Å²) >= 11 is 1.92. The molecule has 0 aromatic heterocycles. The second-order valence-corrected chi connectivity index (χ2v) is 14.2. The van der Waals surface area contributed by atoms with Gasteiger partial charge in [0.15, 0.2) is 0 Å². The van der Waals surface area contributed by atoms with Crippen molar-refractivity contribution in [2.24, 2.45) is 0 Å². The van der Waals surface area contributed by atoms with Gasteiger partial charge in [-0.15, -0.1) is 0 Å². The van der Waals surface area contributed by atoms with Crippen LogP contribution in [-0.2, 0) is 25.5 Å². The molecule has 4 rings (SSSR count). The molecular formula is C35H54N4O5S.